The molecule has 5 nitrogen and oxygen atoms in total. The van der Waals surface area contributed by atoms with Gasteiger partial charge < -0.3 is 15.0 Å². The van der Waals surface area contributed by atoms with Crippen molar-refractivity contribution in [3.8, 4) is 5.75 Å². The molecule has 0 aromatic heterocycles. The maximum Gasteiger partial charge on any atom is 0.261 e. The molecule has 3 aromatic carbocycles. The van der Waals surface area contributed by atoms with E-state index in [1.807, 2.05) is 56.3 Å². The van der Waals surface area contributed by atoms with Crippen molar-refractivity contribution in [3.05, 3.63) is 99.4 Å². The zero-order chi connectivity index (χ0) is 25.2. The number of nitrogens with one attached hydrogen (secondary N) is 1. The number of benzene rings is 3. The van der Waals surface area contributed by atoms with Crippen molar-refractivity contribution in [2.75, 3.05) is 13.2 Å². The summed E-state index contributed by atoms with van der Waals surface area (Å²) in [6.07, 6.45) is 0.300. The van der Waals surface area contributed by atoms with Crippen LogP contribution in [0.25, 0.3) is 0 Å². The van der Waals surface area contributed by atoms with Crippen LogP contribution in [0.1, 0.15) is 25.0 Å². The van der Waals surface area contributed by atoms with Crippen LogP contribution in [0.3, 0.4) is 0 Å². The van der Waals surface area contributed by atoms with Crippen molar-refractivity contribution in [2.45, 2.75) is 32.9 Å². The van der Waals surface area contributed by atoms with Gasteiger partial charge in [-0.05, 0) is 64.4 Å². The smallest absolute Gasteiger partial charge is 0.261 e. The second kappa shape index (κ2) is 13.2. The van der Waals surface area contributed by atoms with Crippen molar-refractivity contribution in [1.29, 1.82) is 0 Å². The molecule has 1 atom stereocenters. The van der Waals surface area contributed by atoms with Gasteiger partial charge in [0.2, 0.25) is 5.91 Å². The third-order valence-corrected chi connectivity index (χ3v) is 6.15. The molecule has 7 heteroatoms. The number of amides is 2. The van der Waals surface area contributed by atoms with Crippen molar-refractivity contribution in [2.24, 2.45) is 5.92 Å². The molecule has 3 rings (SSSR count). The molecule has 0 fully saturated rings. The predicted octanol–water partition coefficient (Wildman–Crippen LogP) is 5.22. The largest absolute Gasteiger partial charge is 0.484 e. The Labute approximate surface area is 219 Å². The summed E-state index contributed by atoms with van der Waals surface area (Å²) in [7, 11) is 0. The molecule has 184 valence electrons. The first-order valence-electron chi connectivity index (χ1n) is 11.6. The molecular formula is C28H30FIN2O3. The van der Waals surface area contributed by atoms with Crippen molar-refractivity contribution >= 4 is 34.4 Å². The minimum atomic E-state index is -0.830. The average molecular weight is 588 g/mol. The van der Waals surface area contributed by atoms with Crippen molar-refractivity contribution < 1.29 is 18.7 Å². The minimum absolute atomic E-state index is 0.0475. The standard InChI is InChI=1S/C28H30FIN2O3/c1-20(2)17-31-28(34)26(16-21-8-4-3-5-9-21)32(18-22-10-6-7-11-25(22)29)27(33)19-35-24-14-12-23(30)13-15-24/h3-15,20,26H,16-19H2,1-2H3,(H,31,34). The number of rotatable bonds is 11. The van der Waals surface area contributed by atoms with Gasteiger partial charge in [0.25, 0.3) is 5.91 Å². The highest BCUT2D eigenvalue weighted by molar-refractivity contribution is 14.1. The van der Waals surface area contributed by atoms with Gasteiger partial charge in [0.15, 0.2) is 6.61 Å². The average Bonchev–Trinajstić information content (AvgIpc) is 2.85. The summed E-state index contributed by atoms with van der Waals surface area (Å²) in [5.41, 5.74) is 1.24. The molecule has 0 heterocycles. The number of hydrogen-bond donors (Lipinski definition) is 1. The summed E-state index contributed by atoms with van der Waals surface area (Å²) in [5.74, 6) is -0.302. The first kappa shape index (κ1) is 26.7. The van der Waals surface area contributed by atoms with Gasteiger partial charge in [-0.15, -0.1) is 0 Å². The quantitative estimate of drug-likeness (QED) is 0.313. The van der Waals surface area contributed by atoms with E-state index in [0.717, 1.165) is 9.13 Å². The van der Waals surface area contributed by atoms with Crippen LogP contribution in [0.2, 0.25) is 0 Å². The Morgan fingerprint density at radius 2 is 1.63 bits per heavy atom. The van der Waals surface area contributed by atoms with Gasteiger partial charge in [-0.25, -0.2) is 4.39 Å². The minimum Gasteiger partial charge on any atom is -0.484 e. The molecule has 3 aromatic rings. The molecule has 0 saturated carbocycles. The number of carbonyl (C=O) groups is 2. The zero-order valence-electron chi connectivity index (χ0n) is 19.9. The van der Waals surface area contributed by atoms with E-state index in [1.54, 1.807) is 30.3 Å². The molecule has 2 amide bonds. The lowest BCUT2D eigenvalue weighted by Crippen LogP contribution is -2.52. The van der Waals surface area contributed by atoms with E-state index in [1.165, 1.54) is 11.0 Å². The normalized spacial score (nSPS) is 11.7. The van der Waals surface area contributed by atoms with Crippen LogP contribution in [0.5, 0.6) is 5.75 Å². The molecule has 0 aliphatic carbocycles. The molecule has 0 aliphatic rings. The van der Waals surface area contributed by atoms with Gasteiger partial charge in [0.05, 0.1) is 0 Å². The molecule has 1 N–H and O–H groups in total. The van der Waals surface area contributed by atoms with Gasteiger partial charge in [0.1, 0.15) is 17.6 Å². The highest BCUT2D eigenvalue weighted by Gasteiger charge is 2.31. The van der Waals surface area contributed by atoms with E-state index in [0.29, 0.717) is 24.3 Å². The number of hydrogen-bond acceptors (Lipinski definition) is 3. The number of carbonyl (C=O) groups excluding carboxylic acids is 2. The van der Waals surface area contributed by atoms with Crippen LogP contribution in [0.15, 0.2) is 78.9 Å². The van der Waals surface area contributed by atoms with Gasteiger partial charge in [-0.3, -0.25) is 9.59 Å². The van der Waals surface area contributed by atoms with Crippen LogP contribution in [-0.2, 0) is 22.6 Å². The van der Waals surface area contributed by atoms with Crippen LogP contribution >= 0.6 is 22.6 Å². The molecule has 0 bridgehead atoms. The van der Waals surface area contributed by atoms with E-state index in [4.69, 9.17) is 4.74 Å². The number of nitrogens with zero attached hydrogens (tertiary/aromatic N) is 1. The molecule has 0 saturated heterocycles. The Bertz CT molecular complexity index is 1110. The highest BCUT2D eigenvalue weighted by atomic mass is 127. The molecule has 0 radical (unpaired) electrons. The lowest BCUT2D eigenvalue weighted by Gasteiger charge is -2.31. The second-order valence-electron chi connectivity index (χ2n) is 8.70. The Morgan fingerprint density at radius 3 is 2.29 bits per heavy atom. The summed E-state index contributed by atoms with van der Waals surface area (Å²) in [5, 5.41) is 2.95. The first-order valence-corrected chi connectivity index (χ1v) is 12.6. The van der Waals surface area contributed by atoms with Gasteiger partial charge >= 0.3 is 0 Å². The van der Waals surface area contributed by atoms with Crippen LogP contribution in [0, 0.1) is 15.3 Å². The number of ether oxygens (including phenoxy) is 1. The van der Waals surface area contributed by atoms with Crippen LogP contribution < -0.4 is 10.1 Å². The van der Waals surface area contributed by atoms with Gasteiger partial charge in [-0.2, -0.15) is 0 Å². The molecule has 1 unspecified atom stereocenters. The fourth-order valence-corrected chi connectivity index (χ4v) is 3.91. The summed E-state index contributed by atoms with van der Waals surface area (Å²) in [4.78, 5) is 28.2. The molecular weight excluding hydrogens is 558 g/mol. The van der Waals surface area contributed by atoms with Crippen LogP contribution in [0.4, 0.5) is 4.39 Å². The highest BCUT2D eigenvalue weighted by Crippen LogP contribution is 2.18. The van der Waals surface area contributed by atoms with Gasteiger partial charge in [0, 0.05) is 28.6 Å². The van der Waals surface area contributed by atoms with Crippen molar-refractivity contribution in [3.63, 3.8) is 0 Å². The summed E-state index contributed by atoms with van der Waals surface area (Å²) in [6, 6.07) is 22.3. The fraction of sp³-hybridized carbons (Fsp3) is 0.286. The first-order chi connectivity index (χ1) is 16.8. The predicted molar refractivity (Wildman–Crippen MR) is 143 cm³/mol. The summed E-state index contributed by atoms with van der Waals surface area (Å²) >= 11 is 2.19. The molecule has 35 heavy (non-hydrogen) atoms. The third kappa shape index (κ3) is 8.35. The van der Waals surface area contributed by atoms with E-state index in [9.17, 15) is 14.0 Å². The van der Waals surface area contributed by atoms with Crippen molar-refractivity contribution in [1.82, 2.24) is 10.2 Å². The Hall–Kier alpha value is -2.94. The maximum atomic E-state index is 14.6. The van der Waals surface area contributed by atoms with E-state index < -0.39 is 17.8 Å². The Morgan fingerprint density at radius 1 is 0.971 bits per heavy atom. The Kier molecular flexibility index (Phi) is 10.1. The zero-order valence-corrected chi connectivity index (χ0v) is 22.1. The second-order valence-corrected chi connectivity index (χ2v) is 9.95. The SMILES string of the molecule is CC(C)CNC(=O)C(Cc1ccccc1)N(Cc1ccccc1F)C(=O)COc1ccc(I)cc1. The third-order valence-electron chi connectivity index (χ3n) is 5.43. The lowest BCUT2D eigenvalue weighted by atomic mass is 10.0. The topological polar surface area (TPSA) is 58.6 Å². The summed E-state index contributed by atoms with van der Waals surface area (Å²) < 4.78 is 21.4. The molecule has 0 aliphatic heterocycles. The lowest BCUT2D eigenvalue weighted by molar-refractivity contribution is -0.142. The maximum absolute atomic E-state index is 14.6. The van der Waals surface area contributed by atoms with Crippen LogP contribution in [-0.4, -0.2) is 35.9 Å². The number of halogens is 2. The van der Waals surface area contributed by atoms with Gasteiger partial charge in [-0.1, -0.05) is 62.4 Å². The fourth-order valence-electron chi connectivity index (χ4n) is 3.55. The van der Waals surface area contributed by atoms with E-state index in [-0.39, 0.29) is 25.0 Å². The monoisotopic (exact) mass is 588 g/mol. The summed E-state index contributed by atoms with van der Waals surface area (Å²) in [6.45, 7) is 4.17. The molecule has 0 spiro atoms. The Balaban J connectivity index is 1.90. The van der Waals surface area contributed by atoms with E-state index >= 15 is 0 Å². The van der Waals surface area contributed by atoms with E-state index in [2.05, 4.69) is 27.9 Å².